The van der Waals surface area contributed by atoms with Crippen LogP contribution in [0.3, 0.4) is 0 Å². The van der Waals surface area contributed by atoms with Crippen LogP contribution >= 0.6 is 0 Å². The Hall–Kier alpha value is -7.30. The molecule has 0 bridgehead atoms. The summed E-state index contributed by atoms with van der Waals surface area (Å²) in [6, 6.07) is 69.9. The molecular weight excluding hydrogens is 691 g/mol. The van der Waals surface area contributed by atoms with Crippen LogP contribution in [0.15, 0.2) is 192 Å². The molecule has 5 heterocycles. The number of para-hydroxylation sites is 4. The number of hydrogen-bond donors (Lipinski definition) is 0. The number of anilines is 3. The molecule has 57 heavy (non-hydrogen) atoms. The highest BCUT2D eigenvalue weighted by Gasteiger charge is 2.52. The number of aromatic nitrogens is 1. The monoisotopic (exact) mass is 722 g/mol. The van der Waals surface area contributed by atoms with Crippen LogP contribution in [0, 0.1) is 0 Å². The van der Waals surface area contributed by atoms with E-state index in [2.05, 4.69) is 197 Å². The molecule has 0 amide bonds. The highest BCUT2D eigenvalue weighted by molar-refractivity contribution is 6.90. The maximum absolute atomic E-state index is 7.00. The summed E-state index contributed by atoms with van der Waals surface area (Å²) in [5, 5.41) is 7.40. The van der Waals surface area contributed by atoms with E-state index in [-0.39, 0.29) is 6.85 Å². The SMILES string of the molecule is c1ccc(C2(c3ccccc3)c3ccccc3N3c4cc5c(oc6ccccc65)c5c4B(c4cccc2c43)n2c3ccc4ccccc4c3c3cccc-5c32)cc1. The van der Waals surface area contributed by atoms with Gasteiger partial charge in [-0.2, -0.15) is 0 Å². The molecule has 0 spiro atoms. The van der Waals surface area contributed by atoms with Gasteiger partial charge in [0.1, 0.15) is 11.2 Å². The van der Waals surface area contributed by atoms with Crippen LogP contribution in [0.25, 0.3) is 65.6 Å². The third-order valence-electron chi connectivity index (χ3n) is 13.4. The lowest BCUT2D eigenvalue weighted by molar-refractivity contribution is 0.670. The van der Waals surface area contributed by atoms with E-state index in [9.17, 15) is 0 Å². The Balaban J connectivity index is 1.23. The van der Waals surface area contributed by atoms with E-state index >= 15 is 0 Å². The van der Waals surface area contributed by atoms with E-state index in [0.29, 0.717) is 0 Å². The minimum atomic E-state index is -0.565. The van der Waals surface area contributed by atoms with Gasteiger partial charge in [0.25, 0.3) is 0 Å². The first-order chi connectivity index (χ1) is 28.3. The smallest absolute Gasteiger partial charge is 0.333 e. The fourth-order valence-corrected chi connectivity index (χ4v) is 11.4. The fraction of sp³-hybridized carbons (Fsp3) is 0.0189. The molecule has 0 aliphatic carbocycles. The molecule has 3 aliphatic heterocycles. The molecule has 262 valence electrons. The average molecular weight is 723 g/mol. The summed E-state index contributed by atoms with van der Waals surface area (Å²) in [5.41, 5.74) is 17.6. The zero-order valence-corrected chi connectivity index (χ0v) is 30.8. The predicted molar refractivity (Wildman–Crippen MR) is 237 cm³/mol. The molecule has 9 aromatic carbocycles. The standard InChI is InChI=1S/C53H31BN2O/c1-3-16-33(17-4-1)53(34-18-5-2-6-19-34)40-24-10-11-27-43(40)55-45-31-39-36-21-9-12-28-46(36)57-52(39)48-38-23-13-22-37-47-35-20-8-7-15-32(35)29-30-44(47)56(50(37)38)54(49(45)48)42-26-14-25-41(53)51(42)55/h1-31H. The van der Waals surface area contributed by atoms with Crippen LogP contribution < -0.4 is 15.8 Å². The summed E-state index contributed by atoms with van der Waals surface area (Å²) in [6.45, 7) is -0.107. The lowest BCUT2D eigenvalue weighted by Gasteiger charge is -2.50. The number of benzene rings is 9. The lowest BCUT2D eigenvalue weighted by atomic mass is 9.43. The Morgan fingerprint density at radius 3 is 2.04 bits per heavy atom. The Bertz CT molecular complexity index is 3500. The largest absolute Gasteiger partial charge is 0.455 e. The predicted octanol–water partition coefficient (Wildman–Crippen LogP) is 12.0. The maximum Gasteiger partial charge on any atom is 0.333 e. The molecular formula is C53H31BN2O. The Morgan fingerprint density at radius 2 is 1.19 bits per heavy atom. The van der Waals surface area contributed by atoms with Crippen molar-refractivity contribution in [1.29, 1.82) is 0 Å². The average Bonchev–Trinajstić information content (AvgIpc) is 3.83. The van der Waals surface area contributed by atoms with E-state index in [1.807, 2.05) is 0 Å². The number of hydrogen-bond acceptors (Lipinski definition) is 2. The van der Waals surface area contributed by atoms with Crippen molar-refractivity contribution in [2.24, 2.45) is 0 Å². The van der Waals surface area contributed by atoms with Crippen molar-refractivity contribution in [2.45, 2.75) is 5.41 Å². The van der Waals surface area contributed by atoms with Gasteiger partial charge in [0.05, 0.1) is 11.1 Å². The molecule has 3 nitrogen and oxygen atoms in total. The molecule has 0 saturated carbocycles. The molecule has 0 N–H and O–H groups in total. The van der Waals surface area contributed by atoms with Gasteiger partial charge in [0, 0.05) is 55.1 Å². The van der Waals surface area contributed by atoms with Crippen LogP contribution in [0.5, 0.6) is 0 Å². The van der Waals surface area contributed by atoms with Crippen molar-refractivity contribution >= 4 is 89.4 Å². The molecule has 0 atom stereocenters. The van der Waals surface area contributed by atoms with Crippen LogP contribution in [-0.4, -0.2) is 11.3 Å². The molecule has 14 rings (SSSR count). The first-order valence-corrected chi connectivity index (χ1v) is 19.9. The number of nitrogens with zero attached hydrogens (tertiary/aromatic N) is 2. The first kappa shape index (κ1) is 30.0. The Morgan fingerprint density at radius 1 is 0.509 bits per heavy atom. The van der Waals surface area contributed by atoms with Crippen LogP contribution in [0.2, 0.25) is 0 Å². The first-order valence-electron chi connectivity index (χ1n) is 19.9. The van der Waals surface area contributed by atoms with Gasteiger partial charge in [-0.1, -0.05) is 164 Å². The molecule has 0 unspecified atom stereocenters. The van der Waals surface area contributed by atoms with E-state index < -0.39 is 5.41 Å². The Kier molecular flexibility index (Phi) is 5.53. The van der Waals surface area contributed by atoms with Crippen molar-refractivity contribution in [3.8, 4) is 11.1 Å². The summed E-state index contributed by atoms with van der Waals surface area (Å²) in [7, 11) is 0. The van der Waals surface area contributed by atoms with Crippen molar-refractivity contribution in [3.63, 3.8) is 0 Å². The van der Waals surface area contributed by atoms with E-state index in [0.717, 1.165) is 21.9 Å². The molecule has 0 fully saturated rings. The van der Waals surface area contributed by atoms with E-state index in [1.165, 1.54) is 93.9 Å². The molecule has 2 aromatic heterocycles. The van der Waals surface area contributed by atoms with Crippen molar-refractivity contribution in [3.05, 3.63) is 210 Å². The van der Waals surface area contributed by atoms with Gasteiger partial charge in [-0.15, -0.1) is 0 Å². The topological polar surface area (TPSA) is 21.3 Å². The van der Waals surface area contributed by atoms with Gasteiger partial charge < -0.3 is 13.8 Å². The van der Waals surface area contributed by atoms with Gasteiger partial charge in [-0.3, -0.25) is 0 Å². The molecule has 0 saturated heterocycles. The van der Waals surface area contributed by atoms with Crippen LogP contribution in [0.1, 0.15) is 22.3 Å². The third kappa shape index (κ3) is 3.48. The molecule has 11 aromatic rings. The number of fused-ring (bicyclic) bond motifs is 15. The quantitative estimate of drug-likeness (QED) is 0.166. The second-order valence-electron chi connectivity index (χ2n) is 15.9. The van der Waals surface area contributed by atoms with Gasteiger partial charge in [0.15, 0.2) is 0 Å². The zero-order chi connectivity index (χ0) is 37.0. The summed E-state index contributed by atoms with van der Waals surface area (Å²) in [6.07, 6.45) is 0. The maximum atomic E-state index is 7.00. The highest BCUT2D eigenvalue weighted by atomic mass is 16.3. The van der Waals surface area contributed by atoms with Crippen LogP contribution in [0.4, 0.5) is 17.1 Å². The zero-order valence-electron chi connectivity index (χ0n) is 30.8. The van der Waals surface area contributed by atoms with Crippen molar-refractivity contribution in [2.75, 3.05) is 4.90 Å². The summed E-state index contributed by atoms with van der Waals surface area (Å²) < 4.78 is 9.67. The molecule has 3 aliphatic rings. The highest BCUT2D eigenvalue weighted by Crippen LogP contribution is 2.59. The Labute approximate surface area is 328 Å². The lowest BCUT2D eigenvalue weighted by Crippen LogP contribution is -2.58. The van der Waals surface area contributed by atoms with E-state index in [4.69, 9.17) is 4.42 Å². The van der Waals surface area contributed by atoms with Crippen molar-refractivity contribution < 1.29 is 4.42 Å². The van der Waals surface area contributed by atoms with Gasteiger partial charge in [0.2, 0.25) is 0 Å². The second-order valence-corrected chi connectivity index (χ2v) is 15.9. The number of furan rings is 1. The van der Waals surface area contributed by atoms with Crippen LogP contribution in [-0.2, 0) is 5.41 Å². The molecule has 0 radical (unpaired) electrons. The minimum Gasteiger partial charge on any atom is -0.455 e. The number of rotatable bonds is 2. The normalized spacial score (nSPS) is 14.4. The summed E-state index contributed by atoms with van der Waals surface area (Å²) in [5.74, 6) is 0. The fourth-order valence-electron chi connectivity index (χ4n) is 11.4. The van der Waals surface area contributed by atoms with Gasteiger partial charge in [-0.25, -0.2) is 0 Å². The summed E-state index contributed by atoms with van der Waals surface area (Å²) in [4.78, 5) is 2.60. The van der Waals surface area contributed by atoms with Gasteiger partial charge >= 0.3 is 6.85 Å². The van der Waals surface area contributed by atoms with Crippen molar-refractivity contribution in [1.82, 2.24) is 4.48 Å². The minimum absolute atomic E-state index is 0.107. The second kappa shape index (κ2) is 10.5. The van der Waals surface area contributed by atoms with Gasteiger partial charge in [-0.05, 0) is 68.2 Å². The third-order valence-corrected chi connectivity index (χ3v) is 13.4. The summed E-state index contributed by atoms with van der Waals surface area (Å²) >= 11 is 0. The molecule has 4 heteroatoms. The van der Waals surface area contributed by atoms with E-state index in [1.54, 1.807) is 0 Å².